The molecule has 0 atom stereocenters. The lowest BCUT2D eigenvalue weighted by Gasteiger charge is -2.15. The number of hydrogen-bond donors (Lipinski definition) is 2. The summed E-state index contributed by atoms with van der Waals surface area (Å²) in [4.78, 5) is 28.1. The van der Waals surface area contributed by atoms with Crippen LogP contribution in [0.5, 0.6) is 0 Å². The van der Waals surface area contributed by atoms with Crippen molar-refractivity contribution in [3.63, 3.8) is 0 Å². The molecule has 7 nitrogen and oxygen atoms in total. The number of carboxylic acids is 1. The van der Waals surface area contributed by atoms with Crippen molar-refractivity contribution in [3.05, 3.63) is 65.7 Å². The molecule has 0 spiro atoms. The quantitative estimate of drug-likeness (QED) is 0.649. The molecule has 0 aliphatic rings. The van der Waals surface area contributed by atoms with Crippen molar-refractivity contribution in [2.75, 3.05) is 5.17 Å². The Hall–Kier alpha value is -3.22. The molecule has 0 fully saturated rings. The van der Waals surface area contributed by atoms with Crippen LogP contribution in [-0.4, -0.2) is 17.0 Å². The Morgan fingerprint density at radius 1 is 1.00 bits per heavy atom. The molecule has 0 amide bonds. The summed E-state index contributed by atoms with van der Waals surface area (Å²) in [6.45, 7) is 0. The summed E-state index contributed by atoms with van der Waals surface area (Å²) in [6, 6.07) is 14.0. The Bertz CT molecular complexity index is 673. The zero-order valence-corrected chi connectivity index (χ0v) is 10.8. The number of nitrogens with one attached hydrogen (secondary N) is 1. The smallest absolute Gasteiger partial charge is 0.366 e. The molecule has 0 bridgehead atoms. The first-order valence-corrected chi connectivity index (χ1v) is 5.90. The van der Waals surface area contributed by atoms with E-state index >= 15 is 0 Å². The van der Waals surface area contributed by atoms with E-state index < -0.39 is 11.9 Å². The molecule has 0 heterocycles. The lowest BCUT2D eigenvalue weighted by Crippen LogP contribution is -2.22. The van der Waals surface area contributed by atoms with Gasteiger partial charge in [0.1, 0.15) is 5.69 Å². The van der Waals surface area contributed by atoms with Crippen LogP contribution in [0.2, 0.25) is 0 Å². The number of rotatable bonds is 5. The van der Waals surface area contributed by atoms with Gasteiger partial charge in [-0.3, -0.25) is 0 Å². The first kappa shape index (κ1) is 14.2. The molecule has 2 aromatic carbocycles. The topological polar surface area (TPSA) is 103 Å². The third-order valence-corrected chi connectivity index (χ3v) is 2.61. The number of anilines is 1. The molecule has 0 aromatic heterocycles. The molecule has 106 valence electrons. The van der Waals surface area contributed by atoms with Crippen LogP contribution in [0.4, 0.5) is 5.69 Å². The zero-order chi connectivity index (χ0) is 15.2. The molecular formula is C14H11N3O4. The van der Waals surface area contributed by atoms with E-state index in [4.69, 9.17) is 15.5 Å². The van der Waals surface area contributed by atoms with Crippen LogP contribution in [0.15, 0.2) is 59.8 Å². The van der Waals surface area contributed by atoms with Crippen LogP contribution in [0.3, 0.4) is 0 Å². The van der Waals surface area contributed by atoms with Crippen molar-refractivity contribution in [2.24, 2.45) is 5.22 Å². The van der Waals surface area contributed by atoms with Crippen molar-refractivity contribution in [1.29, 1.82) is 5.53 Å². The van der Waals surface area contributed by atoms with Crippen molar-refractivity contribution in [2.45, 2.75) is 0 Å². The summed E-state index contributed by atoms with van der Waals surface area (Å²) in [5.74, 6) is -2.15. The second-order valence-electron chi connectivity index (χ2n) is 3.94. The Kier molecular flexibility index (Phi) is 4.25. The highest BCUT2D eigenvalue weighted by atomic mass is 16.7. The van der Waals surface area contributed by atoms with Gasteiger partial charge in [-0.1, -0.05) is 35.5 Å². The average molecular weight is 285 g/mol. The number of hydrogen-bond acceptors (Lipinski definition) is 5. The van der Waals surface area contributed by atoms with Crippen LogP contribution in [-0.2, 0) is 4.84 Å². The minimum absolute atomic E-state index is 0.116. The first-order chi connectivity index (χ1) is 10.1. The SMILES string of the molecule is N=NN(OC(=O)c1ccccc1C(=O)O)c1ccccc1. The van der Waals surface area contributed by atoms with Gasteiger partial charge in [-0.15, -0.1) is 0 Å². The number of carboxylic acid groups (broad SMARTS) is 1. The standard InChI is InChI=1S/C14H11N3O4/c15-16-17(10-6-2-1-3-7-10)21-14(20)12-9-5-4-8-11(12)13(18)19/h1-9,15H,(H,18,19). The lowest BCUT2D eigenvalue weighted by atomic mass is 10.1. The highest BCUT2D eigenvalue weighted by Crippen LogP contribution is 2.17. The van der Waals surface area contributed by atoms with Crippen LogP contribution in [0.1, 0.15) is 20.7 Å². The van der Waals surface area contributed by atoms with Gasteiger partial charge >= 0.3 is 11.9 Å². The van der Waals surface area contributed by atoms with Gasteiger partial charge in [-0.05, 0) is 29.5 Å². The molecule has 21 heavy (non-hydrogen) atoms. The highest BCUT2D eigenvalue weighted by molar-refractivity contribution is 6.02. The maximum atomic E-state index is 12.0. The summed E-state index contributed by atoms with van der Waals surface area (Å²) >= 11 is 0. The van der Waals surface area contributed by atoms with Crippen LogP contribution in [0, 0.1) is 5.53 Å². The van der Waals surface area contributed by atoms with E-state index in [9.17, 15) is 9.59 Å². The molecule has 2 N–H and O–H groups in total. The van der Waals surface area contributed by atoms with Gasteiger partial charge in [-0.25, -0.2) is 9.59 Å². The largest absolute Gasteiger partial charge is 0.478 e. The molecule has 0 saturated carbocycles. The predicted octanol–water partition coefficient (Wildman–Crippen LogP) is 2.91. The normalized spacial score (nSPS) is 9.71. The summed E-state index contributed by atoms with van der Waals surface area (Å²) in [6.07, 6.45) is 0. The minimum atomic E-state index is -1.24. The maximum absolute atomic E-state index is 12.0. The van der Waals surface area contributed by atoms with E-state index in [-0.39, 0.29) is 11.1 Å². The fourth-order valence-corrected chi connectivity index (χ4v) is 1.66. The fourth-order valence-electron chi connectivity index (χ4n) is 1.66. The van der Waals surface area contributed by atoms with Crippen LogP contribution in [0.25, 0.3) is 0 Å². The van der Waals surface area contributed by atoms with Gasteiger partial charge in [0.2, 0.25) is 0 Å². The van der Waals surface area contributed by atoms with Gasteiger partial charge in [0.25, 0.3) is 0 Å². The molecule has 0 aliphatic heterocycles. The number of carbonyl (C=O) groups is 2. The Balaban J connectivity index is 2.25. The average Bonchev–Trinajstić information content (AvgIpc) is 2.53. The molecule has 7 heteroatoms. The summed E-state index contributed by atoms with van der Waals surface area (Å²) in [7, 11) is 0. The van der Waals surface area contributed by atoms with Gasteiger partial charge in [-0.2, -0.15) is 5.53 Å². The first-order valence-electron chi connectivity index (χ1n) is 5.90. The number of nitrogens with zero attached hydrogens (tertiary/aromatic N) is 2. The van der Waals surface area contributed by atoms with Crippen molar-refractivity contribution >= 4 is 17.6 Å². The lowest BCUT2D eigenvalue weighted by molar-refractivity contribution is 0.0431. The van der Waals surface area contributed by atoms with E-state index in [0.29, 0.717) is 10.9 Å². The van der Waals surface area contributed by atoms with Crippen molar-refractivity contribution < 1.29 is 19.5 Å². The summed E-state index contributed by atoms with van der Waals surface area (Å²) in [5.41, 5.74) is 7.12. The predicted molar refractivity (Wildman–Crippen MR) is 72.9 cm³/mol. The second kappa shape index (κ2) is 6.29. The molecule has 0 saturated heterocycles. The minimum Gasteiger partial charge on any atom is -0.478 e. The summed E-state index contributed by atoms with van der Waals surface area (Å²) in [5, 5.41) is 12.8. The van der Waals surface area contributed by atoms with Crippen LogP contribution < -0.4 is 5.17 Å². The molecule has 2 aromatic rings. The van der Waals surface area contributed by atoms with E-state index in [2.05, 4.69) is 5.22 Å². The number of aromatic carboxylic acids is 1. The molecule has 0 aliphatic carbocycles. The van der Waals surface area contributed by atoms with E-state index in [0.717, 1.165) is 0 Å². The molecule has 2 rings (SSSR count). The molecule has 0 radical (unpaired) electrons. The number of carbonyl (C=O) groups excluding carboxylic acids is 1. The number of benzene rings is 2. The Morgan fingerprint density at radius 2 is 1.57 bits per heavy atom. The summed E-state index contributed by atoms with van der Waals surface area (Å²) < 4.78 is 0. The van der Waals surface area contributed by atoms with Gasteiger partial charge < -0.3 is 9.94 Å². The van der Waals surface area contributed by atoms with E-state index in [1.54, 1.807) is 30.3 Å². The van der Waals surface area contributed by atoms with E-state index in [1.165, 1.54) is 24.3 Å². The zero-order valence-electron chi connectivity index (χ0n) is 10.8. The third-order valence-electron chi connectivity index (χ3n) is 2.61. The molecular weight excluding hydrogens is 274 g/mol. The van der Waals surface area contributed by atoms with Crippen molar-refractivity contribution in [3.8, 4) is 0 Å². The van der Waals surface area contributed by atoms with Gasteiger partial charge in [0.05, 0.1) is 11.1 Å². The van der Waals surface area contributed by atoms with Gasteiger partial charge in [0, 0.05) is 0 Å². The Morgan fingerprint density at radius 3 is 2.14 bits per heavy atom. The van der Waals surface area contributed by atoms with Crippen LogP contribution >= 0.6 is 0 Å². The fraction of sp³-hybridized carbons (Fsp3) is 0. The second-order valence-corrected chi connectivity index (χ2v) is 3.94. The third kappa shape index (κ3) is 3.21. The maximum Gasteiger partial charge on any atom is 0.366 e. The monoisotopic (exact) mass is 285 g/mol. The van der Waals surface area contributed by atoms with Crippen molar-refractivity contribution in [1.82, 2.24) is 0 Å². The highest BCUT2D eigenvalue weighted by Gasteiger charge is 2.20. The molecule has 0 unspecified atom stereocenters. The van der Waals surface area contributed by atoms with E-state index in [1.807, 2.05) is 0 Å². The van der Waals surface area contributed by atoms with Gasteiger partial charge in [0.15, 0.2) is 0 Å². The number of para-hydroxylation sites is 1. The Labute approximate surface area is 119 Å².